The highest BCUT2D eigenvalue weighted by Crippen LogP contribution is 2.45. The molecule has 9 rings (SSSR count). The molecule has 0 N–H and O–H groups in total. The van der Waals surface area contributed by atoms with Crippen LogP contribution in [0.25, 0.3) is 6.08 Å². The number of rotatable bonds is 3. The summed E-state index contributed by atoms with van der Waals surface area (Å²) in [7, 11) is 1.77. The molecule has 1 aliphatic heterocycles. The van der Waals surface area contributed by atoms with E-state index in [2.05, 4.69) is 103 Å². The summed E-state index contributed by atoms with van der Waals surface area (Å²) in [5.74, 6) is 2.02. The molecule has 34 heavy (non-hydrogen) atoms. The normalized spacial score (nSPS) is 15.7. The van der Waals surface area contributed by atoms with Gasteiger partial charge in [0.25, 0.3) is 0 Å². The van der Waals surface area contributed by atoms with E-state index < -0.39 is 5.60 Å². The van der Waals surface area contributed by atoms with Gasteiger partial charge in [0.1, 0.15) is 11.5 Å². The van der Waals surface area contributed by atoms with E-state index >= 15 is 0 Å². The van der Waals surface area contributed by atoms with E-state index in [9.17, 15) is 0 Å². The highest BCUT2D eigenvalue weighted by atomic mass is 16.5. The van der Waals surface area contributed by atoms with Gasteiger partial charge in [0.2, 0.25) is 0 Å². The van der Waals surface area contributed by atoms with Gasteiger partial charge in [-0.05, 0) is 60.1 Å². The molecule has 1 heterocycles. The Kier molecular flexibility index (Phi) is 5.22. The second-order valence-electron chi connectivity index (χ2n) is 9.18. The van der Waals surface area contributed by atoms with Crippen LogP contribution in [0.15, 0.2) is 97.1 Å². The first-order chi connectivity index (χ1) is 16.8. The predicted octanol–water partition coefficient (Wildman–Crippen LogP) is 6.93. The smallest absolute Gasteiger partial charge is 0.178 e. The van der Waals surface area contributed by atoms with Gasteiger partial charge in [-0.3, -0.25) is 0 Å². The van der Waals surface area contributed by atoms with E-state index in [0.29, 0.717) is 0 Å². The Bertz CT molecular complexity index is 1310. The lowest BCUT2D eigenvalue weighted by Crippen LogP contribution is -2.35. The third-order valence-electron chi connectivity index (χ3n) is 7.22. The average Bonchev–Trinajstić information content (AvgIpc) is 2.90. The molecule has 0 fully saturated rings. The van der Waals surface area contributed by atoms with Gasteiger partial charge in [0.15, 0.2) is 5.60 Å². The van der Waals surface area contributed by atoms with Crippen LogP contribution in [0, 0.1) is 0 Å². The molecule has 0 aromatic heterocycles. The van der Waals surface area contributed by atoms with Crippen molar-refractivity contribution in [3.05, 3.63) is 136 Å². The lowest BCUT2D eigenvalue weighted by Gasteiger charge is -2.37. The van der Waals surface area contributed by atoms with Crippen molar-refractivity contribution in [2.75, 3.05) is 7.11 Å². The Hall–Kier alpha value is -3.78. The van der Waals surface area contributed by atoms with E-state index in [-0.39, 0.29) is 0 Å². The van der Waals surface area contributed by atoms with Crippen LogP contribution in [0.2, 0.25) is 0 Å². The largest absolute Gasteiger partial charge is 0.496 e. The molecular formula is C32H28O2. The number of benzene rings is 4. The predicted molar refractivity (Wildman–Crippen MR) is 138 cm³/mol. The van der Waals surface area contributed by atoms with Crippen LogP contribution in [-0.4, -0.2) is 7.11 Å². The molecule has 2 heteroatoms. The number of hydrogen-bond acceptors (Lipinski definition) is 2. The SMILES string of the molecule is COc1cc2ccc1CCc1ccc(c3c1C=CC(c1ccccc1)(c1ccccc1)O3)CC2. The van der Waals surface area contributed by atoms with Crippen LogP contribution in [-0.2, 0) is 31.3 Å². The van der Waals surface area contributed by atoms with Gasteiger partial charge in [-0.2, -0.15) is 0 Å². The minimum atomic E-state index is -0.649. The molecule has 4 aliphatic carbocycles. The van der Waals surface area contributed by atoms with E-state index in [1.54, 1.807) is 7.11 Å². The van der Waals surface area contributed by atoms with Crippen LogP contribution < -0.4 is 9.47 Å². The van der Waals surface area contributed by atoms with Gasteiger partial charge in [0.05, 0.1) is 7.11 Å². The van der Waals surface area contributed by atoms with E-state index in [0.717, 1.165) is 48.3 Å². The Morgan fingerprint density at radius 1 is 0.676 bits per heavy atom. The summed E-state index contributed by atoms with van der Waals surface area (Å²) in [6.07, 6.45) is 8.27. The van der Waals surface area contributed by atoms with Crippen LogP contribution in [0.3, 0.4) is 0 Å². The summed E-state index contributed by atoms with van der Waals surface area (Å²) in [5, 5.41) is 0. The summed E-state index contributed by atoms with van der Waals surface area (Å²) >= 11 is 0. The molecule has 0 atom stereocenters. The summed E-state index contributed by atoms with van der Waals surface area (Å²) < 4.78 is 12.8. The van der Waals surface area contributed by atoms with Crippen molar-refractivity contribution in [2.45, 2.75) is 31.3 Å². The van der Waals surface area contributed by atoms with E-state index in [4.69, 9.17) is 9.47 Å². The lowest BCUT2D eigenvalue weighted by molar-refractivity contribution is 0.159. The summed E-state index contributed by atoms with van der Waals surface area (Å²) in [6, 6.07) is 32.4. The summed E-state index contributed by atoms with van der Waals surface area (Å²) in [5.41, 5.74) is 7.97. The molecule has 0 saturated carbocycles. The number of aryl methyl sites for hydroxylation is 4. The van der Waals surface area contributed by atoms with Crippen molar-refractivity contribution in [1.29, 1.82) is 0 Å². The van der Waals surface area contributed by atoms with Crippen molar-refractivity contribution in [3.63, 3.8) is 0 Å². The molecule has 5 aliphatic rings. The van der Waals surface area contributed by atoms with Gasteiger partial charge >= 0.3 is 0 Å². The third kappa shape index (κ3) is 3.51. The zero-order valence-corrected chi connectivity index (χ0v) is 19.5. The highest BCUT2D eigenvalue weighted by molar-refractivity contribution is 5.69. The van der Waals surface area contributed by atoms with E-state index in [1.165, 1.54) is 27.8 Å². The Balaban J connectivity index is 1.49. The number of ether oxygens (including phenoxy) is 2. The van der Waals surface area contributed by atoms with Crippen molar-refractivity contribution in [3.8, 4) is 11.5 Å². The Labute approximate surface area is 201 Å². The van der Waals surface area contributed by atoms with Crippen molar-refractivity contribution >= 4 is 6.08 Å². The molecule has 4 aromatic carbocycles. The zero-order chi connectivity index (χ0) is 23.0. The minimum absolute atomic E-state index is 0.649. The topological polar surface area (TPSA) is 18.5 Å². The van der Waals surface area contributed by atoms with Gasteiger partial charge in [-0.25, -0.2) is 0 Å². The number of hydrogen-bond donors (Lipinski definition) is 0. The monoisotopic (exact) mass is 444 g/mol. The van der Waals surface area contributed by atoms with Gasteiger partial charge in [0, 0.05) is 16.7 Å². The maximum Gasteiger partial charge on any atom is 0.178 e. The third-order valence-corrected chi connectivity index (χ3v) is 7.22. The lowest BCUT2D eigenvalue weighted by atomic mass is 9.82. The molecule has 4 bridgehead atoms. The fourth-order valence-corrected chi connectivity index (χ4v) is 5.35. The quantitative estimate of drug-likeness (QED) is 0.341. The average molecular weight is 445 g/mol. The van der Waals surface area contributed by atoms with Crippen LogP contribution in [0.1, 0.15) is 38.9 Å². The van der Waals surface area contributed by atoms with Gasteiger partial charge in [-0.15, -0.1) is 0 Å². The van der Waals surface area contributed by atoms with Crippen LogP contribution >= 0.6 is 0 Å². The maximum absolute atomic E-state index is 7.12. The molecule has 0 spiro atoms. The number of methoxy groups -OCH3 is 1. The van der Waals surface area contributed by atoms with E-state index in [1.807, 2.05) is 0 Å². The molecule has 0 amide bonds. The fourth-order valence-electron chi connectivity index (χ4n) is 5.35. The van der Waals surface area contributed by atoms with Gasteiger partial charge in [-0.1, -0.05) is 91.0 Å². The molecule has 168 valence electrons. The van der Waals surface area contributed by atoms with Crippen LogP contribution in [0.4, 0.5) is 0 Å². The molecule has 0 radical (unpaired) electrons. The second-order valence-corrected chi connectivity index (χ2v) is 9.18. The molecule has 0 unspecified atom stereocenters. The first kappa shape index (κ1) is 20.8. The van der Waals surface area contributed by atoms with Gasteiger partial charge < -0.3 is 9.47 Å². The highest BCUT2D eigenvalue weighted by Gasteiger charge is 2.38. The first-order valence-electron chi connectivity index (χ1n) is 12.1. The van der Waals surface area contributed by atoms with Crippen LogP contribution in [0.5, 0.6) is 11.5 Å². The molecule has 2 nitrogen and oxygen atoms in total. The second kappa shape index (κ2) is 8.53. The maximum atomic E-state index is 7.12. The minimum Gasteiger partial charge on any atom is -0.496 e. The summed E-state index contributed by atoms with van der Waals surface area (Å²) in [4.78, 5) is 0. The molecular weight excluding hydrogens is 416 g/mol. The summed E-state index contributed by atoms with van der Waals surface area (Å²) in [6.45, 7) is 0. The molecule has 0 saturated heterocycles. The van der Waals surface area contributed by atoms with Crippen molar-refractivity contribution < 1.29 is 9.47 Å². The Morgan fingerprint density at radius 3 is 2.00 bits per heavy atom. The fraction of sp³-hybridized carbons (Fsp3) is 0.188. The molecule has 4 aromatic rings. The van der Waals surface area contributed by atoms with Crippen molar-refractivity contribution in [2.24, 2.45) is 0 Å². The van der Waals surface area contributed by atoms with Crippen molar-refractivity contribution in [1.82, 2.24) is 0 Å². The standard InChI is InChI=1S/C32H28O2/c1-33-30-22-23-12-14-25(30)18-16-24-17-19-26(15-13-23)31-29(24)20-21-32(34-31,27-8-4-2-5-9-27)28-10-6-3-7-11-28/h2-12,14,17,19-22H,13,15-16,18H2,1H3. The Morgan fingerprint density at radius 2 is 1.29 bits per heavy atom. The zero-order valence-electron chi connectivity index (χ0n) is 19.5. The first-order valence-corrected chi connectivity index (χ1v) is 12.1.